The third-order valence-corrected chi connectivity index (χ3v) is 8.42. The molecule has 8 heteroatoms. The number of carbonyl (C=O) groups is 1. The number of benzene rings is 3. The van der Waals surface area contributed by atoms with Gasteiger partial charge >= 0.3 is 0 Å². The molecule has 176 valence electrons. The number of para-hydroxylation sites is 1. The topological polar surface area (TPSA) is 67.3 Å². The smallest absolute Gasteiger partial charge is 0.229 e. The Labute approximate surface area is 202 Å². The van der Waals surface area contributed by atoms with Gasteiger partial charge in [0.2, 0.25) is 5.91 Å². The molecule has 0 aliphatic rings. The molecule has 1 amide bonds. The minimum absolute atomic E-state index is 0.0563. The molecular formula is C26H25FN2O3S2. The Hall–Kier alpha value is -3.10. The summed E-state index contributed by atoms with van der Waals surface area (Å²) in [6, 6.07) is 20.4. The van der Waals surface area contributed by atoms with Crippen LogP contribution in [-0.2, 0) is 27.6 Å². The summed E-state index contributed by atoms with van der Waals surface area (Å²) in [5.74, 6) is -0.869. The number of hydrogen-bond acceptors (Lipinski definition) is 5. The predicted molar refractivity (Wildman–Crippen MR) is 134 cm³/mol. The standard InChI is InChI=1S/C26H25FN2O3S2/c1-2-20-10-6-11-23-25(20)28-26(33-23)29(18-19-8-4-3-5-9-19)24(30)12-7-17-34(31,32)22-15-13-21(27)14-16-22/h3-6,8-11,13-16H,2,7,12,17-18H2,1H3. The molecule has 0 fully saturated rings. The molecule has 0 bridgehead atoms. The van der Waals surface area contributed by atoms with Crippen molar-refractivity contribution in [2.45, 2.75) is 37.6 Å². The van der Waals surface area contributed by atoms with Crippen LogP contribution in [0.15, 0.2) is 77.7 Å². The van der Waals surface area contributed by atoms with Gasteiger partial charge in [0, 0.05) is 6.42 Å². The zero-order chi connectivity index (χ0) is 24.1. The van der Waals surface area contributed by atoms with Gasteiger partial charge in [0.05, 0.1) is 27.4 Å². The van der Waals surface area contributed by atoms with E-state index in [0.717, 1.165) is 39.9 Å². The molecule has 34 heavy (non-hydrogen) atoms. The van der Waals surface area contributed by atoms with Crippen molar-refractivity contribution < 1.29 is 17.6 Å². The van der Waals surface area contributed by atoms with E-state index in [2.05, 4.69) is 6.92 Å². The van der Waals surface area contributed by atoms with E-state index in [1.807, 2.05) is 48.5 Å². The first kappa shape index (κ1) is 24.0. The first-order chi connectivity index (χ1) is 16.4. The average Bonchev–Trinajstić information content (AvgIpc) is 3.27. The first-order valence-corrected chi connectivity index (χ1v) is 13.6. The molecule has 5 nitrogen and oxygen atoms in total. The Morgan fingerprint density at radius 1 is 1.00 bits per heavy atom. The second-order valence-corrected chi connectivity index (χ2v) is 11.1. The molecule has 3 aromatic carbocycles. The van der Waals surface area contributed by atoms with Crippen LogP contribution >= 0.6 is 11.3 Å². The lowest BCUT2D eigenvalue weighted by atomic mass is 10.1. The lowest BCUT2D eigenvalue weighted by Crippen LogP contribution is -2.30. The molecule has 1 heterocycles. The second-order valence-electron chi connectivity index (χ2n) is 7.96. The quantitative estimate of drug-likeness (QED) is 0.275. The Morgan fingerprint density at radius 3 is 2.44 bits per heavy atom. The van der Waals surface area contributed by atoms with Crippen molar-refractivity contribution in [3.8, 4) is 0 Å². The zero-order valence-electron chi connectivity index (χ0n) is 18.8. The van der Waals surface area contributed by atoms with Crippen molar-refractivity contribution in [2.24, 2.45) is 0 Å². The Bertz CT molecular complexity index is 1380. The van der Waals surface area contributed by atoms with E-state index in [0.29, 0.717) is 11.7 Å². The molecule has 1 aromatic heterocycles. The number of thiazole rings is 1. The van der Waals surface area contributed by atoms with Crippen molar-refractivity contribution in [3.63, 3.8) is 0 Å². The van der Waals surface area contributed by atoms with Crippen molar-refractivity contribution in [3.05, 3.63) is 89.7 Å². The molecule has 0 spiro atoms. The van der Waals surface area contributed by atoms with Crippen LogP contribution in [0.3, 0.4) is 0 Å². The van der Waals surface area contributed by atoms with Gasteiger partial charge in [0.25, 0.3) is 0 Å². The summed E-state index contributed by atoms with van der Waals surface area (Å²) in [5, 5.41) is 0.603. The Kier molecular flexibility index (Phi) is 7.38. The summed E-state index contributed by atoms with van der Waals surface area (Å²) in [4.78, 5) is 19.8. The summed E-state index contributed by atoms with van der Waals surface area (Å²) < 4.78 is 39.3. The maximum absolute atomic E-state index is 13.3. The summed E-state index contributed by atoms with van der Waals surface area (Å²) in [5.41, 5.74) is 2.98. The van der Waals surface area contributed by atoms with Crippen molar-refractivity contribution in [1.29, 1.82) is 0 Å². The van der Waals surface area contributed by atoms with Gasteiger partial charge in [-0.1, -0.05) is 60.7 Å². The van der Waals surface area contributed by atoms with Crippen LogP contribution < -0.4 is 4.90 Å². The van der Waals surface area contributed by atoms with Crippen LogP contribution in [0, 0.1) is 5.82 Å². The summed E-state index contributed by atoms with van der Waals surface area (Å²) in [7, 11) is -3.60. The molecule has 0 aliphatic carbocycles. The lowest BCUT2D eigenvalue weighted by molar-refractivity contribution is -0.118. The summed E-state index contributed by atoms with van der Waals surface area (Å²) >= 11 is 1.46. The normalized spacial score (nSPS) is 11.6. The van der Waals surface area contributed by atoms with Gasteiger partial charge in [-0.15, -0.1) is 0 Å². The molecule has 0 atom stereocenters. The molecular weight excluding hydrogens is 471 g/mol. The van der Waals surface area contributed by atoms with Gasteiger partial charge in [0.1, 0.15) is 5.82 Å². The van der Waals surface area contributed by atoms with Gasteiger partial charge in [-0.3, -0.25) is 9.69 Å². The minimum Gasteiger partial charge on any atom is -0.284 e. The highest BCUT2D eigenvalue weighted by Crippen LogP contribution is 2.32. The first-order valence-electron chi connectivity index (χ1n) is 11.1. The monoisotopic (exact) mass is 496 g/mol. The maximum atomic E-state index is 13.3. The Balaban J connectivity index is 1.54. The van der Waals surface area contributed by atoms with E-state index >= 15 is 0 Å². The number of fused-ring (bicyclic) bond motifs is 1. The fourth-order valence-corrected chi connectivity index (χ4v) is 6.07. The van der Waals surface area contributed by atoms with Crippen LogP contribution in [-0.4, -0.2) is 25.1 Å². The number of hydrogen-bond donors (Lipinski definition) is 0. The second kappa shape index (κ2) is 10.4. The average molecular weight is 497 g/mol. The predicted octanol–water partition coefficient (Wildman–Crippen LogP) is 5.79. The van der Waals surface area contributed by atoms with E-state index in [4.69, 9.17) is 4.98 Å². The number of halogens is 1. The maximum Gasteiger partial charge on any atom is 0.229 e. The molecule has 0 N–H and O–H groups in total. The van der Waals surface area contributed by atoms with Crippen molar-refractivity contribution >= 4 is 42.4 Å². The third kappa shape index (κ3) is 5.51. The van der Waals surface area contributed by atoms with Gasteiger partial charge in [-0.05, 0) is 54.3 Å². The lowest BCUT2D eigenvalue weighted by Gasteiger charge is -2.20. The molecule has 0 unspecified atom stereocenters. The number of nitrogens with zero attached hydrogens (tertiary/aromatic N) is 2. The third-order valence-electron chi connectivity index (χ3n) is 5.56. The number of aryl methyl sites for hydroxylation is 1. The molecule has 0 saturated carbocycles. The highest BCUT2D eigenvalue weighted by Gasteiger charge is 2.22. The number of anilines is 1. The zero-order valence-corrected chi connectivity index (χ0v) is 20.4. The van der Waals surface area contributed by atoms with E-state index in [1.54, 1.807) is 4.90 Å². The minimum atomic E-state index is -3.60. The van der Waals surface area contributed by atoms with Gasteiger partial charge in [-0.25, -0.2) is 17.8 Å². The Morgan fingerprint density at radius 2 is 1.74 bits per heavy atom. The van der Waals surface area contributed by atoms with Gasteiger partial charge < -0.3 is 0 Å². The number of amides is 1. The SMILES string of the molecule is CCc1cccc2sc(N(Cc3ccccc3)C(=O)CCCS(=O)(=O)c3ccc(F)cc3)nc12. The fourth-order valence-electron chi connectivity index (χ4n) is 3.73. The molecule has 4 rings (SSSR count). The van der Waals surface area contributed by atoms with Crippen LogP contribution in [0.4, 0.5) is 9.52 Å². The van der Waals surface area contributed by atoms with E-state index < -0.39 is 15.7 Å². The summed E-state index contributed by atoms with van der Waals surface area (Å²) in [6.45, 7) is 2.42. The number of carbonyl (C=O) groups excluding carboxylic acids is 1. The summed E-state index contributed by atoms with van der Waals surface area (Å²) in [6.07, 6.45) is 1.06. The van der Waals surface area contributed by atoms with Gasteiger partial charge in [0.15, 0.2) is 15.0 Å². The largest absolute Gasteiger partial charge is 0.284 e. The van der Waals surface area contributed by atoms with E-state index in [1.165, 1.54) is 23.5 Å². The number of aromatic nitrogens is 1. The van der Waals surface area contributed by atoms with Crippen LogP contribution in [0.1, 0.15) is 30.9 Å². The van der Waals surface area contributed by atoms with E-state index in [9.17, 15) is 17.6 Å². The van der Waals surface area contributed by atoms with Crippen LogP contribution in [0.5, 0.6) is 0 Å². The molecule has 0 radical (unpaired) electrons. The highest BCUT2D eigenvalue weighted by atomic mass is 32.2. The van der Waals surface area contributed by atoms with Crippen molar-refractivity contribution in [2.75, 3.05) is 10.7 Å². The molecule has 0 saturated heterocycles. The highest BCUT2D eigenvalue weighted by molar-refractivity contribution is 7.91. The molecule has 0 aliphatic heterocycles. The van der Waals surface area contributed by atoms with Crippen LogP contribution in [0.25, 0.3) is 10.2 Å². The number of sulfone groups is 1. The van der Waals surface area contributed by atoms with Crippen molar-refractivity contribution in [1.82, 2.24) is 4.98 Å². The van der Waals surface area contributed by atoms with Crippen LogP contribution in [0.2, 0.25) is 0 Å². The van der Waals surface area contributed by atoms with Gasteiger partial charge in [-0.2, -0.15) is 0 Å². The fraction of sp³-hybridized carbons (Fsp3) is 0.231. The number of rotatable bonds is 9. The molecule has 4 aromatic rings. The van der Waals surface area contributed by atoms with E-state index in [-0.39, 0.29) is 29.4 Å².